The molecule has 2 radical (unpaired) electrons. The molecule has 0 unspecified atom stereocenters. The van der Waals surface area contributed by atoms with Crippen molar-refractivity contribution in [1.82, 2.24) is 3.86 Å². The zero-order chi connectivity index (χ0) is 7.82. The molecule has 0 aromatic heterocycles. The van der Waals surface area contributed by atoms with Crippen molar-refractivity contribution in [3.63, 3.8) is 0 Å². The molecule has 10 heavy (non-hydrogen) atoms. The topological polar surface area (TPSA) is 3.24 Å². The Labute approximate surface area is 71.9 Å². The molecular formula is C8H19GeN. The van der Waals surface area contributed by atoms with Gasteiger partial charge in [0, 0.05) is 0 Å². The summed E-state index contributed by atoms with van der Waals surface area (Å²) in [6.45, 7) is 9.33. The van der Waals surface area contributed by atoms with Crippen molar-refractivity contribution in [2.75, 3.05) is 13.1 Å². The summed E-state index contributed by atoms with van der Waals surface area (Å²) in [6.07, 6.45) is 2.81. The van der Waals surface area contributed by atoms with E-state index in [-0.39, 0.29) is 15.7 Å². The fourth-order valence-corrected chi connectivity index (χ4v) is 3.54. The number of unbranched alkanes of at least 4 members (excludes halogenated alkanes) is 1. The van der Waals surface area contributed by atoms with E-state index in [0.29, 0.717) is 0 Å². The molecule has 0 spiro atoms. The van der Waals surface area contributed by atoms with Crippen molar-refractivity contribution in [2.24, 2.45) is 0 Å². The summed E-state index contributed by atoms with van der Waals surface area (Å²) < 4.78 is 2.61. The van der Waals surface area contributed by atoms with Gasteiger partial charge in [-0.15, -0.1) is 0 Å². The van der Waals surface area contributed by atoms with Gasteiger partial charge in [-0.25, -0.2) is 0 Å². The van der Waals surface area contributed by atoms with Crippen LogP contribution < -0.4 is 0 Å². The Balaban J connectivity index is 3.09. The van der Waals surface area contributed by atoms with Crippen molar-refractivity contribution in [1.29, 1.82) is 0 Å². The second kappa shape index (κ2) is 7.61. The Morgan fingerprint density at radius 1 is 1.10 bits per heavy atom. The van der Waals surface area contributed by atoms with Gasteiger partial charge in [-0.2, -0.15) is 0 Å². The summed E-state index contributed by atoms with van der Waals surface area (Å²) in [5.41, 5.74) is 0. The van der Waals surface area contributed by atoms with E-state index in [2.05, 4.69) is 24.6 Å². The molecule has 0 saturated carbocycles. The molecule has 2 heteroatoms. The zero-order valence-electron chi connectivity index (χ0n) is 7.48. The Morgan fingerprint density at radius 2 is 1.70 bits per heavy atom. The second-order valence-electron chi connectivity index (χ2n) is 2.43. The normalized spacial score (nSPS) is 10.8. The number of hydrogen-bond donors (Lipinski definition) is 0. The fourth-order valence-electron chi connectivity index (χ4n) is 0.861. The maximum atomic E-state index is 2.61. The molecule has 0 heterocycles. The minimum absolute atomic E-state index is 0.262. The van der Waals surface area contributed by atoms with Gasteiger partial charge < -0.3 is 0 Å². The third-order valence-electron chi connectivity index (χ3n) is 1.63. The third-order valence-corrected chi connectivity index (χ3v) is 5.11. The summed E-state index contributed by atoms with van der Waals surface area (Å²) in [6, 6.07) is 0. The summed E-state index contributed by atoms with van der Waals surface area (Å²) in [7, 11) is 0. The average Bonchev–Trinajstić information content (AvgIpc) is 1.99. The minimum atomic E-state index is 0.262. The van der Waals surface area contributed by atoms with Crippen LogP contribution in [-0.4, -0.2) is 32.6 Å². The standard InChI is InChI=1S/C8H19GeN/c1-4-7-8-9-10(5-2)6-3/h4-8H2,1-3H3. The van der Waals surface area contributed by atoms with Gasteiger partial charge in [0.05, 0.1) is 0 Å². The van der Waals surface area contributed by atoms with Crippen molar-refractivity contribution < 1.29 is 0 Å². The van der Waals surface area contributed by atoms with Gasteiger partial charge in [-0.3, -0.25) is 0 Å². The molecule has 0 saturated heterocycles. The van der Waals surface area contributed by atoms with Crippen LogP contribution >= 0.6 is 0 Å². The monoisotopic (exact) mass is 203 g/mol. The summed E-state index contributed by atoms with van der Waals surface area (Å²) >= 11 is 0.262. The fraction of sp³-hybridized carbons (Fsp3) is 1.00. The Morgan fingerprint density at radius 3 is 2.10 bits per heavy atom. The van der Waals surface area contributed by atoms with Crippen molar-refractivity contribution in [3.8, 4) is 0 Å². The molecule has 0 rings (SSSR count). The van der Waals surface area contributed by atoms with Crippen LogP contribution in [0.4, 0.5) is 0 Å². The Bertz CT molecular complexity index is 62.3. The van der Waals surface area contributed by atoms with Crippen LogP contribution in [-0.2, 0) is 0 Å². The first-order valence-corrected chi connectivity index (χ1v) is 6.75. The number of hydrogen-bond acceptors (Lipinski definition) is 1. The van der Waals surface area contributed by atoms with Gasteiger partial charge in [0.25, 0.3) is 0 Å². The van der Waals surface area contributed by atoms with Crippen molar-refractivity contribution in [2.45, 2.75) is 38.9 Å². The van der Waals surface area contributed by atoms with Gasteiger partial charge in [-0.05, 0) is 0 Å². The summed E-state index contributed by atoms with van der Waals surface area (Å²) in [4.78, 5) is 0. The molecule has 0 amide bonds. The predicted molar refractivity (Wildman–Crippen MR) is 48.4 cm³/mol. The van der Waals surface area contributed by atoms with Crippen LogP contribution in [0.5, 0.6) is 0 Å². The SMILES string of the molecule is CCC[CH2][Ge][N](CC)CC. The van der Waals surface area contributed by atoms with Gasteiger partial charge in [0.1, 0.15) is 0 Å². The zero-order valence-corrected chi connectivity index (χ0v) is 9.58. The van der Waals surface area contributed by atoms with Crippen LogP contribution in [0, 0.1) is 0 Å². The van der Waals surface area contributed by atoms with Gasteiger partial charge in [0.15, 0.2) is 0 Å². The molecular weight excluding hydrogens is 183 g/mol. The molecule has 60 valence electrons. The van der Waals surface area contributed by atoms with E-state index in [1.165, 1.54) is 31.2 Å². The van der Waals surface area contributed by atoms with E-state index in [0.717, 1.165) is 0 Å². The van der Waals surface area contributed by atoms with Crippen molar-refractivity contribution in [3.05, 3.63) is 0 Å². The van der Waals surface area contributed by atoms with E-state index < -0.39 is 0 Å². The van der Waals surface area contributed by atoms with E-state index in [9.17, 15) is 0 Å². The molecule has 1 nitrogen and oxygen atoms in total. The van der Waals surface area contributed by atoms with Crippen molar-refractivity contribution >= 4 is 15.7 Å². The summed E-state index contributed by atoms with van der Waals surface area (Å²) in [5.74, 6) is 0. The van der Waals surface area contributed by atoms with Crippen LogP contribution in [0.25, 0.3) is 0 Å². The van der Waals surface area contributed by atoms with Gasteiger partial charge in [0.2, 0.25) is 0 Å². The molecule has 0 aromatic rings. The molecule has 0 fully saturated rings. The molecule has 0 aliphatic heterocycles. The van der Waals surface area contributed by atoms with E-state index >= 15 is 0 Å². The number of nitrogens with zero attached hydrogens (tertiary/aromatic N) is 1. The van der Waals surface area contributed by atoms with E-state index in [1.807, 2.05) is 0 Å². The van der Waals surface area contributed by atoms with E-state index in [4.69, 9.17) is 0 Å². The van der Waals surface area contributed by atoms with Gasteiger partial charge >= 0.3 is 71.5 Å². The van der Waals surface area contributed by atoms with E-state index in [1.54, 1.807) is 0 Å². The van der Waals surface area contributed by atoms with Crippen LogP contribution in [0.2, 0.25) is 5.25 Å². The summed E-state index contributed by atoms with van der Waals surface area (Å²) in [5, 5.41) is 1.50. The Kier molecular flexibility index (Phi) is 7.99. The first-order chi connectivity index (χ1) is 4.85. The molecule has 0 aliphatic carbocycles. The molecule has 0 aliphatic rings. The van der Waals surface area contributed by atoms with Gasteiger partial charge in [-0.1, -0.05) is 0 Å². The number of rotatable bonds is 6. The average molecular weight is 202 g/mol. The molecule has 0 N–H and O–H groups in total. The first-order valence-electron chi connectivity index (χ1n) is 4.33. The van der Waals surface area contributed by atoms with Crippen LogP contribution in [0.15, 0.2) is 0 Å². The van der Waals surface area contributed by atoms with Crippen LogP contribution in [0.1, 0.15) is 33.6 Å². The molecule has 0 aromatic carbocycles. The predicted octanol–water partition coefficient (Wildman–Crippen LogP) is 2.17. The third kappa shape index (κ3) is 5.30. The maximum absolute atomic E-state index is 2.61. The quantitative estimate of drug-likeness (QED) is 0.471. The molecule has 0 bridgehead atoms. The Hall–Kier alpha value is 0.503. The first kappa shape index (κ1) is 10.5. The van der Waals surface area contributed by atoms with Crippen LogP contribution in [0.3, 0.4) is 0 Å². The second-order valence-corrected chi connectivity index (χ2v) is 5.47. The molecule has 0 atom stereocenters.